The average Bonchev–Trinajstić information content (AvgIpc) is 0.746. The van der Waals surface area contributed by atoms with Gasteiger partial charge in [-0.25, -0.2) is 0 Å². The van der Waals surface area contributed by atoms with Gasteiger partial charge in [0.2, 0.25) is 0 Å². The van der Waals surface area contributed by atoms with E-state index in [-0.39, 0.29) is 28.4 Å². The second-order valence-electron chi connectivity index (χ2n) is 30.3. The van der Waals surface area contributed by atoms with E-state index in [2.05, 4.69) is 363 Å². The van der Waals surface area contributed by atoms with Crippen LogP contribution in [0.3, 0.4) is 0 Å². The number of fused-ring (bicyclic) bond motifs is 10. The minimum absolute atomic E-state index is 0.0223. The highest BCUT2D eigenvalue weighted by molar-refractivity contribution is 7.00. The number of aromatic nitrogens is 2. The Morgan fingerprint density at radius 1 is 0.237 bits per heavy atom. The zero-order chi connectivity index (χ0) is 64.0. The van der Waals surface area contributed by atoms with E-state index in [0.29, 0.717) is 0 Å². The SMILES string of the molecule is CC(C)(C)c1ccc2c(c1)c1cc(C(C)(C)C)ccc1n2-c1ccc2c(c1)N(c1ccc(-c3ccccc3)cc1)c1cc(-c3ccccc3)cc3c1B2c1ccc(-n2c4ccc(C(C)(C)C)cc4c4cc(C(C)(C)C)ccc42)cc1N3c1ccc(-c2ccccc2)cc1. The van der Waals surface area contributed by atoms with E-state index >= 15 is 0 Å². The highest BCUT2D eigenvalue weighted by Gasteiger charge is 2.44. The molecule has 12 aromatic carbocycles. The molecule has 0 spiro atoms. The van der Waals surface area contributed by atoms with E-state index in [1.165, 1.54) is 105 Å². The Balaban J connectivity index is 0.993. The van der Waals surface area contributed by atoms with Crippen molar-refractivity contribution in [3.8, 4) is 44.8 Å². The summed E-state index contributed by atoms with van der Waals surface area (Å²) in [6.45, 7) is 27.8. The molecule has 0 aliphatic carbocycles. The molecule has 4 heterocycles. The molecule has 0 atom stereocenters. The van der Waals surface area contributed by atoms with Gasteiger partial charge in [0, 0.05) is 67.0 Å². The van der Waals surface area contributed by atoms with Crippen LogP contribution < -0.4 is 26.2 Å². The summed E-state index contributed by atoms with van der Waals surface area (Å²) < 4.78 is 5.06. The first-order valence-electron chi connectivity index (χ1n) is 33.3. The van der Waals surface area contributed by atoms with Crippen LogP contribution in [0, 0.1) is 0 Å². The Hall–Kier alpha value is -10.1. The van der Waals surface area contributed by atoms with Gasteiger partial charge in [-0.15, -0.1) is 0 Å². The van der Waals surface area contributed by atoms with Gasteiger partial charge in [0.05, 0.1) is 22.1 Å². The van der Waals surface area contributed by atoms with Crippen molar-refractivity contribution in [2.45, 2.75) is 105 Å². The Labute approximate surface area is 549 Å². The summed E-state index contributed by atoms with van der Waals surface area (Å²) in [5.74, 6) is 0. The van der Waals surface area contributed by atoms with Crippen LogP contribution in [0.15, 0.2) is 261 Å². The lowest BCUT2D eigenvalue weighted by Gasteiger charge is -2.44. The van der Waals surface area contributed by atoms with Gasteiger partial charge < -0.3 is 18.9 Å². The molecule has 0 fully saturated rings. The van der Waals surface area contributed by atoms with Crippen molar-refractivity contribution < 1.29 is 0 Å². The Morgan fingerprint density at radius 3 is 0.817 bits per heavy atom. The molecule has 14 aromatic rings. The standard InChI is InChI=1S/C88H79BN4/c1-85(2,3)62-32-44-76-70(50-62)71-51-63(86(4,5)6)33-45-77(71)92(76)68-40-42-74-80(54-68)90(66-36-28-59(29-37-66)56-22-16-13-17-23-56)82-48-61(58-26-20-15-21-27-58)49-83-84(82)89(74)75-43-41-69(55-81(75)91(83)67-38-30-60(31-39-67)57-24-18-14-19-25-57)93-78-46-34-64(87(7,8)9)52-72(78)73-53-65(88(10,11)12)35-47-79(73)93/h13-55H,1-12H3. The summed E-state index contributed by atoms with van der Waals surface area (Å²) in [7, 11) is 0. The minimum Gasteiger partial charge on any atom is -0.311 e. The summed E-state index contributed by atoms with van der Waals surface area (Å²) >= 11 is 0. The largest absolute Gasteiger partial charge is 0.311 e. The van der Waals surface area contributed by atoms with Gasteiger partial charge >= 0.3 is 0 Å². The van der Waals surface area contributed by atoms with Crippen LogP contribution in [0.2, 0.25) is 0 Å². The average molecular weight is 1200 g/mol. The van der Waals surface area contributed by atoms with Gasteiger partial charge in [-0.3, -0.25) is 0 Å². The molecular weight excluding hydrogens is 1120 g/mol. The first kappa shape index (κ1) is 58.0. The Bertz CT molecular complexity index is 4820. The monoisotopic (exact) mass is 1200 g/mol. The number of hydrogen-bond donors (Lipinski definition) is 0. The summed E-state index contributed by atoms with van der Waals surface area (Å²) in [6.07, 6.45) is 0. The van der Waals surface area contributed by atoms with E-state index in [1.807, 2.05) is 0 Å². The van der Waals surface area contributed by atoms with Crippen molar-refractivity contribution >= 4 is 101 Å². The first-order valence-corrected chi connectivity index (χ1v) is 33.3. The molecule has 4 nitrogen and oxygen atoms in total. The first-order chi connectivity index (χ1) is 44.6. The number of hydrogen-bond acceptors (Lipinski definition) is 2. The molecule has 2 aliphatic heterocycles. The second-order valence-corrected chi connectivity index (χ2v) is 30.3. The third-order valence-corrected chi connectivity index (χ3v) is 20.1. The molecular formula is C88H79BN4. The van der Waals surface area contributed by atoms with E-state index in [9.17, 15) is 0 Å². The number of anilines is 6. The smallest absolute Gasteiger partial charge is 0.252 e. The van der Waals surface area contributed by atoms with Crippen LogP contribution in [0.1, 0.15) is 105 Å². The van der Waals surface area contributed by atoms with Crippen LogP contribution in [-0.4, -0.2) is 15.8 Å². The molecule has 16 rings (SSSR count). The van der Waals surface area contributed by atoms with E-state index < -0.39 is 0 Å². The third-order valence-electron chi connectivity index (χ3n) is 20.1. The summed E-state index contributed by atoms with van der Waals surface area (Å²) in [6, 6.07) is 99.6. The summed E-state index contributed by atoms with van der Waals surface area (Å²) in [5.41, 5.74) is 30.0. The molecule has 93 heavy (non-hydrogen) atoms. The van der Waals surface area contributed by atoms with Crippen LogP contribution in [0.4, 0.5) is 34.1 Å². The lowest BCUT2D eigenvalue weighted by Crippen LogP contribution is -2.61. The predicted octanol–water partition coefficient (Wildman–Crippen LogP) is 22.2. The highest BCUT2D eigenvalue weighted by atomic mass is 15.2. The highest BCUT2D eigenvalue weighted by Crippen LogP contribution is 2.49. The third kappa shape index (κ3) is 9.72. The van der Waals surface area contributed by atoms with Gasteiger partial charge in [-0.05, 0) is 203 Å². The normalized spacial score (nSPS) is 13.3. The van der Waals surface area contributed by atoms with Gasteiger partial charge in [0.25, 0.3) is 6.71 Å². The Morgan fingerprint density at radius 2 is 0.516 bits per heavy atom. The molecule has 0 saturated heterocycles. The van der Waals surface area contributed by atoms with E-state index in [0.717, 1.165) is 56.6 Å². The molecule has 0 amide bonds. The maximum Gasteiger partial charge on any atom is 0.252 e. The number of benzene rings is 12. The second kappa shape index (κ2) is 21.2. The molecule has 2 aliphatic rings. The minimum atomic E-state index is -0.142. The van der Waals surface area contributed by atoms with E-state index in [1.54, 1.807) is 0 Å². The molecule has 0 radical (unpaired) electrons. The topological polar surface area (TPSA) is 16.3 Å². The predicted molar refractivity (Wildman–Crippen MR) is 400 cm³/mol. The molecule has 0 saturated carbocycles. The molecule has 0 bridgehead atoms. The maximum absolute atomic E-state index is 2.59. The lowest BCUT2D eigenvalue weighted by atomic mass is 9.33. The summed E-state index contributed by atoms with van der Waals surface area (Å²) in [5, 5.41) is 5.11. The summed E-state index contributed by atoms with van der Waals surface area (Å²) in [4.78, 5) is 5.18. The van der Waals surface area contributed by atoms with Crippen molar-refractivity contribution in [3.63, 3.8) is 0 Å². The van der Waals surface area contributed by atoms with E-state index in [4.69, 9.17) is 0 Å². The van der Waals surface area contributed by atoms with Crippen LogP contribution in [0.5, 0.6) is 0 Å². The fourth-order valence-corrected chi connectivity index (χ4v) is 14.9. The van der Waals surface area contributed by atoms with Crippen molar-refractivity contribution in [2.24, 2.45) is 0 Å². The zero-order valence-corrected chi connectivity index (χ0v) is 55.7. The van der Waals surface area contributed by atoms with Crippen molar-refractivity contribution in [1.82, 2.24) is 9.13 Å². The van der Waals surface area contributed by atoms with Gasteiger partial charge in [0.1, 0.15) is 0 Å². The molecule has 454 valence electrons. The fourth-order valence-electron chi connectivity index (χ4n) is 14.9. The van der Waals surface area contributed by atoms with Crippen molar-refractivity contribution in [3.05, 3.63) is 283 Å². The number of nitrogens with zero attached hydrogens (tertiary/aromatic N) is 4. The molecule has 0 unspecified atom stereocenters. The van der Waals surface area contributed by atoms with Crippen molar-refractivity contribution in [1.29, 1.82) is 0 Å². The van der Waals surface area contributed by atoms with Gasteiger partial charge in [-0.2, -0.15) is 0 Å². The molecule has 2 aromatic heterocycles. The van der Waals surface area contributed by atoms with Crippen LogP contribution in [0.25, 0.3) is 88.4 Å². The van der Waals surface area contributed by atoms with Crippen molar-refractivity contribution in [2.75, 3.05) is 9.80 Å². The fraction of sp³-hybridized carbons (Fsp3) is 0.182. The Kier molecular flexibility index (Phi) is 13.2. The van der Waals surface area contributed by atoms with Crippen LogP contribution >= 0.6 is 0 Å². The molecule has 0 N–H and O–H groups in total. The van der Waals surface area contributed by atoms with Gasteiger partial charge in [0.15, 0.2) is 0 Å². The lowest BCUT2D eigenvalue weighted by molar-refractivity contribution is 0.590. The number of rotatable bonds is 7. The maximum atomic E-state index is 2.59. The molecule has 5 heteroatoms. The van der Waals surface area contributed by atoms with Gasteiger partial charge in [-0.1, -0.05) is 235 Å². The van der Waals surface area contributed by atoms with Crippen LogP contribution in [-0.2, 0) is 21.7 Å². The zero-order valence-electron chi connectivity index (χ0n) is 55.7. The quantitative estimate of drug-likeness (QED) is 0.148.